The first kappa shape index (κ1) is 16.2. The minimum atomic E-state index is -0.959. The van der Waals surface area contributed by atoms with Crippen LogP contribution in [-0.4, -0.2) is 25.1 Å². The van der Waals surface area contributed by atoms with E-state index in [2.05, 4.69) is 15.8 Å². The second kappa shape index (κ2) is 7.69. The summed E-state index contributed by atoms with van der Waals surface area (Å²) >= 11 is 0. The Morgan fingerprint density at radius 3 is 2.52 bits per heavy atom. The summed E-state index contributed by atoms with van der Waals surface area (Å²) in [6.45, 7) is 0. The maximum atomic E-state index is 13.0. The van der Waals surface area contributed by atoms with Gasteiger partial charge >= 0.3 is 11.8 Å². The number of nitrogens with zero attached hydrogens (tertiary/aromatic N) is 1. The van der Waals surface area contributed by atoms with E-state index >= 15 is 0 Å². The van der Waals surface area contributed by atoms with Crippen molar-refractivity contribution in [3.05, 3.63) is 59.9 Å². The highest BCUT2D eigenvalue weighted by atomic mass is 19.1. The van der Waals surface area contributed by atoms with E-state index in [1.54, 1.807) is 31.4 Å². The van der Waals surface area contributed by atoms with Gasteiger partial charge in [-0.1, -0.05) is 6.07 Å². The average Bonchev–Trinajstić information content (AvgIpc) is 2.55. The molecule has 2 amide bonds. The van der Waals surface area contributed by atoms with Crippen molar-refractivity contribution in [2.45, 2.75) is 0 Å². The van der Waals surface area contributed by atoms with Crippen molar-refractivity contribution in [3.63, 3.8) is 0 Å². The molecule has 0 aliphatic carbocycles. The molecule has 7 heteroatoms. The van der Waals surface area contributed by atoms with E-state index < -0.39 is 17.6 Å². The topological polar surface area (TPSA) is 79.8 Å². The Hall–Kier alpha value is -3.22. The number of amides is 2. The molecule has 0 bridgehead atoms. The molecule has 2 N–H and O–H groups in total. The number of hydrogen-bond donors (Lipinski definition) is 2. The molecule has 0 aliphatic heterocycles. The number of halogens is 1. The number of nitrogens with one attached hydrogen (secondary N) is 2. The first-order valence-electron chi connectivity index (χ1n) is 6.62. The first-order chi connectivity index (χ1) is 11.1. The van der Waals surface area contributed by atoms with E-state index in [-0.39, 0.29) is 5.69 Å². The zero-order valence-electron chi connectivity index (χ0n) is 12.2. The van der Waals surface area contributed by atoms with Gasteiger partial charge in [0.1, 0.15) is 11.6 Å². The fraction of sp³-hybridized carbons (Fsp3) is 0.0625. The van der Waals surface area contributed by atoms with Crippen LogP contribution in [0.15, 0.2) is 53.6 Å². The second-order valence-corrected chi connectivity index (χ2v) is 4.44. The van der Waals surface area contributed by atoms with Crippen LogP contribution in [0.1, 0.15) is 5.56 Å². The monoisotopic (exact) mass is 315 g/mol. The lowest BCUT2D eigenvalue weighted by molar-refractivity contribution is -0.136. The maximum absolute atomic E-state index is 13.0. The molecule has 0 unspecified atom stereocenters. The number of hydrogen-bond acceptors (Lipinski definition) is 4. The van der Waals surface area contributed by atoms with Crippen molar-refractivity contribution >= 4 is 23.7 Å². The Bertz CT molecular complexity index is 730. The Balaban J connectivity index is 1.88. The van der Waals surface area contributed by atoms with Crippen LogP contribution in [0.5, 0.6) is 5.75 Å². The van der Waals surface area contributed by atoms with Gasteiger partial charge in [0.25, 0.3) is 0 Å². The minimum absolute atomic E-state index is 0.185. The van der Waals surface area contributed by atoms with E-state index in [1.807, 2.05) is 0 Å². The lowest BCUT2D eigenvalue weighted by atomic mass is 10.2. The van der Waals surface area contributed by atoms with Crippen molar-refractivity contribution in [1.82, 2.24) is 5.43 Å². The largest absolute Gasteiger partial charge is 0.497 e. The maximum Gasteiger partial charge on any atom is 0.329 e. The lowest BCUT2D eigenvalue weighted by Crippen LogP contribution is -2.32. The molecule has 0 aliphatic rings. The molecule has 2 aromatic carbocycles. The fourth-order valence-corrected chi connectivity index (χ4v) is 1.66. The van der Waals surface area contributed by atoms with E-state index in [0.29, 0.717) is 5.75 Å². The molecule has 6 nitrogen and oxygen atoms in total. The molecule has 0 spiro atoms. The Labute approximate surface area is 132 Å². The predicted octanol–water partition coefficient (Wildman–Crippen LogP) is 1.92. The number of carbonyl (C=O) groups is 2. The molecule has 0 atom stereocenters. The van der Waals surface area contributed by atoms with E-state index in [0.717, 1.165) is 11.6 Å². The number of hydrazone groups is 1. The van der Waals surface area contributed by atoms with Crippen molar-refractivity contribution in [2.24, 2.45) is 5.10 Å². The summed E-state index contributed by atoms with van der Waals surface area (Å²) in [4.78, 5) is 23.2. The van der Waals surface area contributed by atoms with E-state index in [4.69, 9.17) is 4.74 Å². The van der Waals surface area contributed by atoms with Gasteiger partial charge < -0.3 is 10.1 Å². The molecule has 0 saturated carbocycles. The van der Waals surface area contributed by atoms with Crippen molar-refractivity contribution in [2.75, 3.05) is 12.4 Å². The van der Waals surface area contributed by atoms with Gasteiger partial charge in [-0.15, -0.1) is 0 Å². The van der Waals surface area contributed by atoms with Crippen molar-refractivity contribution < 1.29 is 18.7 Å². The first-order valence-corrected chi connectivity index (χ1v) is 6.62. The molecule has 2 aromatic rings. The molecule has 0 fully saturated rings. The quantitative estimate of drug-likeness (QED) is 0.514. The zero-order valence-corrected chi connectivity index (χ0v) is 12.2. The van der Waals surface area contributed by atoms with Gasteiger partial charge in [-0.2, -0.15) is 5.10 Å². The van der Waals surface area contributed by atoms with Gasteiger partial charge in [0.05, 0.1) is 13.3 Å². The third-order valence-electron chi connectivity index (χ3n) is 2.78. The summed E-state index contributed by atoms with van der Waals surface area (Å²) < 4.78 is 18.0. The van der Waals surface area contributed by atoms with Crippen LogP contribution in [0.25, 0.3) is 0 Å². The standard InChI is InChI=1S/C16H14FN3O3/c1-23-14-7-5-11(6-8-14)10-18-20-16(22)15(21)19-13-4-2-3-12(17)9-13/h2-10H,1H3,(H,19,21)(H,20,22). The van der Waals surface area contributed by atoms with Crippen LogP contribution in [-0.2, 0) is 9.59 Å². The van der Waals surface area contributed by atoms with Gasteiger partial charge in [0, 0.05) is 5.69 Å². The highest BCUT2D eigenvalue weighted by molar-refractivity contribution is 6.39. The fourth-order valence-electron chi connectivity index (χ4n) is 1.66. The summed E-state index contributed by atoms with van der Waals surface area (Å²) in [6, 6.07) is 12.2. The highest BCUT2D eigenvalue weighted by Gasteiger charge is 2.12. The highest BCUT2D eigenvalue weighted by Crippen LogP contribution is 2.10. The smallest absolute Gasteiger partial charge is 0.329 e. The predicted molar refractivity (Wildman–Crippen MR) is 83.8 cm³/mol. The summed E-state index contributed by atoms with van der Waals surface area (Å²) in [6.07, 6.45) is 1.38. The third-order valence-corrected chi connectivity index (χ3v) is 2.78. The average molecular weight is 315 g/mol. The Kier molecular flexibility index (Phi) is 5.40. The molecular weight excluding hydrogens is 301 g/mol. The zero-order chi connectivity index (χ0) is 16.7. The normalized spacial score (nSPS) is 10.3. The lowest BCUT2D eigenvalue weighted by Gasteiger charge is -2.03. The van der Waals surface area contributed by atoms with Crippen LogP contribution in [0.2, 0.25) is 0 Å². The van der Waals surface area contributed by atoms with Crippen LogP contribution in [0, 0.1) is 5.82 Å². The van der Waals surface area contributed by atoms with Crippen LogP contribution in [0.4, 0.5) is 10.1 Å². The van der Waals surface area contributed by atoms with Gasteiger partial charge in [-0.25, -0.2) is 9.82 Å². The Morgan fingerprint density at radius 1 is 1.13 bits per heavy atom. The number of rotatable bonds is 4. The molecule has 118 valence electrons. The number of benzene rings is 2. The summed E-state index contributed by atoms with van der Waals surface area (Å²) in [5.41, 5.74) is 2.99. The summed E-state index contributed by atoms with van der Waals surface area (Å²) in [7, 11) is 1.56. The van der Waals surface area contributed by atoms with Gasteiger partial charge in [0.15, 0.2) is 0 Å². The molecular formula is C16H14FN3O3. The van der Waals surface area contributed by atoms with Crippen molar-refractivity contribution in [1.29, 1.82) is 0 Å². The summed E-state index contributed by atoms with van der Waals surface area (Å²) in [5, 5.41) is 5.94. The van der Waals surface area contributed by atoms with E-state index in [9.17, 15) is 14.0 Å². The number of ether oxygens (including phenoxy) is 1. The SMILES string of the molecule is COc1ccc(C=NNC(=O)C(=O)Nc2cccc(F)c2)cc1. The molecule has 0 saturated heterocycles. The van der Waals surface area contributed by atoms with E-state index in [1.165, 1.54) is 24.4 Å². The third kappa shape index (κ3) is 4.92. The van der Waals surface area contributed by atoms with Gasteiger partial charge in [-0.3, -0.25) is 9.59 Å². The van der Waals surface area contributed by atoms with Gasteiger partial charge in [-0.05, 0) is 48.0 Å². The van der Waals surface area contributed by atoms with Crippen molar-refractivity contribution in [3.8, 4) is 5.75 Å². The van der Waals surface area contributed by atoms with Crippen LogP contribution >= 0.6 is 0 Å². The molecule has 0 heterocycles. The minimum Gasteiger partial charge on any atom is -0.497 e. The van der Waals surface area contributed by atoms with Gasteiger partial charge in [0.2, 0.25) is 0 Å². The number of methoxy groups -OCH3 is 1. The molecule has 2 rings (SSSR count). The molecule has 0 aromatic heterocycles. The van der Waals surface area contributed by atoms with Crippen LogP contribution < -0.4 is 15.5 Å². The number of anilines is 1. The molecule has 23 heavy (non-hydrogen) atoms. The molecule has 0 radical (unpaired) electrons. The van der Waals surface area contributed by atoms with Crippen LogP contribution in [0.3, 0.4) is 0 Å². The summed E-state index contributed by atoms with van der Waals surface area (Å²) in [5.74, 6) is -1.72. The second-order valence-electron chi connectivity index (χ2n) is 4.44. The Morgan fingerprint density at radius 2 is 1.87 bits per heavy atom. The number of carbonyl (C=O) groups excluding carboxylic acids is 2.